The minimum Gasteiger partial charge on any atom is -0.459 e. The van der Waals surface area contributed by atoms with Crippen LogP contribution in [0, 0.1) is 0 Å². The Morgan fingerprint density at radius 1 is 0.774 bits per heavy atom. The second kappa shape index (κ2) is 20.8. The molecule has 0 saturated heterocycles. The van der Waals surface area contributed by atoms with Crippen LogP contribution in [0.2, 0.25) is 0 Å². The Kier molecular flexibility index (Phi) is 16.3. The van der Waals surface area contributed by atoms with Crippen molar-refractivity contribution in [1.29, 1.82) is 0 Å². The van der Waals surface area contributed by atoms with Crippen LogP contribution in [0.25, 0.3) is 0 Å². The highest BCUT2D eigenvalue weighted by molar-refractivity contribution is 5.98. The molecule has 0 aliphatic rings. The summed E-state index contributed by atoms with van der Waals surface area (Å²) >= 11 is 0. The summed E-state index contributed by atoms with van der Waals surface area (Å²) < 4.78 is 21.3. The van der Waals surface area contributed by atoms with Gasteiger partial charge >= 0.3 is 24.2 Å². The van der Waals surface area contributed by atoms with Crippen molar-refractivity contribution in [2.24, 2.45) is 10.7 Å². The molecule has 284 valence electrons. The lowest BCUT2D eigenvalue weighted by Gasteiger charge is -2.26. The zero-order valence-corrected chi connectivity index (χ0v) is 30.2. The number of amides is 4. The van der Waals surface area contributed by atoms with Gasteiger partial charge < -0.3 is 40.4 Å². The predicted molar refractivity (Wildman–Crippen MR) is 194 cm³/mol. The fourth-order valence-electron chi connectivity index (χ4n) is 4.62. The quantitative estimate of drug-likeness (QED) is 0.0737. The largest absolute Gasteiger partial charge is 0.459 e. The zero-order valence-electron chi connectivity index (χ0n) is 30.2. The van der Waals surface area contributed by atoms with Crippen molar-refractivity contribution in [3.05, 3.63) is 108 Å². The van der Waals surface area contributed by atoms with Crippen molar-refractivity contribution in [2.45, 2.75) is 84.1 Å². The maximum Gasteiger partial charge on any atom is 0.437 e. The second-order valence-electron chi connectivity index (χ2n) is 12.9. The number of hydrogen-bond donors (Lipinski definition) is 4. The van der Waals surface area contributed by atoms with Crippen LogP contribution in [0.15, 0.2) is 96.0 Å². The number of carbonyl (C=O) groups is 5. The van der Waals surface area contributed by atoms with E-state index in [9.17, 15) is 29.1 Å². The van der Waals surface area contributed by atoms with Crippen LogP contribution < -0.4 is 16.4 Å². The van der Waals surface area contributed by atoms with Crippen molar-refractivity contribution >= 4 is 36.1 Å². The first-order chi connectivity index (χ1) is 25.2. The number of aliphatic hydroxyl groups is 1. The van der Waals surface area contributed by atoms with Crippen LogP contribution in [-0.2, 0) is 48.4 Å². The number of alkyl carbamates (subject to hydrolysis) is 1. The standard InChI is InChI=1S/C38H47N5O10/c1-26(44)31(33(46)50-23-27-15-8-5-9-16-27)41-32(45)30(40-36(48)53-38(2,3)4)21-14-22-43(37(49)52-25-29-19-12-7-13-20-29)34(39)42-35(47)51-24-28-17-10-6-11-18-28/h5-13,15-20,26,30-31,44H,14,21-25H2,1-4H3,(H,40,48)(H,41,45)(H2,39,42,47)/t26?,30-,31-/m0/s1. The molecule has 3 atom stereocenters. The molecule has 0 aromatic heterocycles. The summed E-state index contributed by atoms with van der Waals surface area (Å²) in [4.78, 5) is 69.7. The summed E-state index contributed by atoms with van der Waals surface area (Å²) in [7, 11) is 0. The van der Waals surface area contributed by atoms with E-state index in [0.717, 1.165) is 4.90 Å². The molecular formula is C38H47N5O10. The fourth-order valence-corrected chi connectivity index (χ4v) is 4.62. The molecule has 53 heavy (non-hydrogen) atoms. The Hall–Kier alpha value is -5.96. The molecule has 0 saturated carbocycles. The Labute approximate surface area is 308 Å². The number of ether oxygens (including phenoxy) is 4. The van der Waals surface area contributed by atoms with Gasteiger partial charge in [0.1, 0.15) is 31.5 Å². The number of esters is 1. The van der Waals surface area contributed by atoms with E-state index in [4.69, 9.17) is 24.7 Å². The van der Waals surface area contributed by atoms with Crippen LogP contribution in [0.1, 0.15) is 57.2 Å². The molecule has 0 bridgehead atoms. The van der Waals surface area contributed by atoms with Crippen LogP contribution >= 0.6 is 0 Å². The SMILES string of the molecule is CC(O)[C@H](NC(=O)[C@H](CCCN(C(=O)OCc1ccccc1)/C(N)=N/C(=O)OCc1ccccc1)NC(=O)OC(C)(C)C)C(=O)OCc1ccccc1. The lowest BCUT2D eigenvalue weighted by molar-refractivity contribution is -0.152. The first-order valence-electron chi connectivity index (χ1n) is 16.9. The Morgan fingerprint density at radius 3 is 1.75 bits per heavy atom. The normalized spacial score (nSPS) is 13.0. The Balaban J connectivity index is 1.75. The van der Waals surface area contributed by atoms with E-state index in [1.165, 1.54) is 6.92 Å². The third-order valence-corrected chi connectivity index (χ3v) is 7.25. The molecular weight excluding hydrogens is 686 g/mol. The smallest absolute Gasteiger partial charge is 0.437 e. The number of guanidine groups is 1. The number of aliphatic hydroxyl groups excluding tert-OH is 1. The van der Waals surface area contributed by atoms with Gasteiger partial charge in [-0.1, -0.05) is 91.0 Å². The fraction of sp³-hybridized carbons (Fsp3) is 0.368. The summed E-state index contributed by atoms with van der Waals surface area (Å²) in [6, 6.07) is 23.7. The van der Waals surface area contributed by atoms with Crippen molar-refractivity contribution in [2.75, 3.05) is 6.54 Å². The highest BCUT2D eigenvalue weighted by Gasteiger charge is 2.32. The van der Waals surface area contributed by atoms with Gasteiger partial charge in [-0.3, -0.25) is 4.79 Å². The molecule has 0 heterocycles. The summed E-state index contributed by atoms with van der Waals surface area (Å²) in [6.45, 7) is 5.69. The minimum atomic E-state index is -1.48. The molecule has 5 N–H and O–H groups in total. The van der Waals surface area contributed by atoms with Crippen molar-refractivity contribution < 1.29 is 48.0 Å². The summed E-state index contributed by atoms with van der Waals surface area (Å²) in [5.41, 5.74) is 7.29. The van der Waals surface area contributed by atoms with Gasteiger partial charge in [0.15, 0.2) is 6.04 Å². The van der Waals surface area contributed by atoms with Gasteiger partial charge in [0.25, 0.3) is 0 Å². The number of benzene rings is 3. The molecule has 3 aromatic rings. The summed E-state index contributed by atoms with van der Waals surface area (Å²) in [5, 5.41) is 15.3. The zero-order chi connectivity index (χ0) is 38.8. The lowest BCUT2D eigenvalue weighted by atomic mass is 10.1. The number of rotatable bonds is 15. The van der Waals surface area contributed by atoms with E-state index < -0.39 is 59.9 Å². The van der Waals surface area contributed by atoms with Crippen LogP contribution in [0.3, 0.4) is 0 Å². The molecule has 3 rings (SSSR count). The van der Waals surface area contributed by atoms with E-state index >= 15 is 0 Å². The molecule has 0 fully saturated rings. The van der Waals surface area contributed by atoms with E-state index in [-0.39, 0.29) is 39.2 Å². The first-order valence-corrected chi connectivity index (χ1v) is 16.9. The molecule has 0 aliphatic carbocycles. The van der Waals surface area contributed by atoms with Crippen molar-refractivity contribution in [1.82, 2.24) is 15.5 Å². The van der Waals surface area contributed by atoms with E-state index in [1.54, 1.807) is 106 Å². The maximum atomic E-state index is 13.6. The van der Waals surface area contributed by atoms with Gasteiger partial charge in [0, 0.05) is 6.54 Å². The Morgan fingerprint density at radius 2 is 1.26 bits per heavy atom. The minimum absolute atomic E-state index is 0.0125. The number of nitrogens with one attached hydrogen (secondary N) is 2. The molecule has 0 radical (unpaired) electrons. The molecule has 4 amide bonds. The van der Waals surface area contributed by atoms with Gasteiger partial charge in [-0.05, 0) is 57.2 Å². The first kappa shape index (κ1) is 41.5. The van der Waals surface area contributed by atoms with Crippen molar-refractivity contribution in [3.8, 4) is 0 Å². The average Bonchev–Trinajstić information content (AvgIpc) is 3.12. The highest BCUT2D eigenvalue weighted by atomic mass is 16.6. The van der Waals surface area contributed by atoms with E-state index in [0.29, 0.717) is 16.7 Å². The monoisotopic (exact) mass is 733 g/mol. The lowest BCUT2D eigenvalue weighted by Crippen LogP contribution is -2.55. The van der Waals surface area contributed by atoms with Gasteiger partial charge in [-0.25, -0.2) is 24.1 Å². The number of carbonyl (C=O) groups excluding carboxylic acids is 5. The van der Waals surface area contributed by atoms with Gasteiger partial charge in [0.2, 0.25) is 11.9 Å². The van der Waals surface area contributed by atoms with Crippen molar-refractivity contribution in [3.63, 3.8) is 0 Å². The molecule has 1 unspecified atom stereocenters. The van der Waals surface area contributed by atoms with Gasteiger partial charge in [-0.15, -0.1) is 4.99 Å². The molecule has 0 aliphatic heterocycles. The average molecular weight is 734 g/mol. The van der Waals surface area contributed by atoms with Gasteiger partial charge in [0.05, 0.1) is 6.10 Å². The van der Waals surface area contributed by atoms with E-state index in [2.05, 4.69) is 15.6 Å². The predicted octanol–water partition coefficient (Wildman–Crippen LogP) is 4.56. The second-order valence-corrected chi connectivity index (χ2v) is 12.9. The number of nitrogens with two attached hydrogens (primary N) is 1. The van der Waals surface area contributed by atoms with Crippen LogP contribution in [-0.4, -0.2) is 76.5 Å². The highest BCUT2D eigenvalue weighted by Crippen LogP contribution is 2.12. The molecule has 15 nitrogen and oxygen atoms in total. The Bertz CT molecular complexity index is 1660. The third kappa shape index (κ3) is 15.4. The van der Waals surface area contributed by atoms with Gasteiger partial charge in [-0.2, -0.15) is 0 Å². The molecule has 3 aromatic carbocycles. The topological polar surface area (TPSA) is 208 Å². The molecule has 0 spiro atoms. The van der Waals surface area contributed by atoms with E-state index in [1.807, 2.05) is 6.07 Å². The number of nitrogens with zero attached hydrogens (tertiary/aromatic N) is 2. The van der Waals surface area contributed by atoms with Crippen LogP contribution in [0.4, 0.5) is 14.4 Å². The third-order valence-electron chi connectivity index (χ3n) is 7.25. The maximum absolute atomic E-state index is 13.6. The number of hydrogen-bond acceptors (Lipinski definition) is 10. The summed E-state index contributed by atoms with van der Waals surface area (Å²) in [6.07, 6.45) is -4.44. The van der Waals surface area contributed by atoms with Crippen LogP contribution in [0.5, 0.6) is 0 Å². The number of aliphatic imine (C=N–C) groups is 1. The molecule has 15 heteroatoms. The summed E-state index contributed by atoms with van der Waals surface area (Å²) in [5.74, 6) is -2.27.